The molecular weight excluding hydrogens is 308 g/mol. The molecule has 1 aromatic carbocycles. The van der Waals surface area contributed by atoms with Gasteiger partial charge in [-0.3, -0.25) is 10.1 Å². The van der Waals surface area contributed by atoms with Crippen LogP contribution in [0.3, 0.4) is 0 Å². The van der Waals surface area contributed by atoms with Gasteiger partial charge in [0.15, 0.2) is 5.82 Å². The van der Waals surface area contributed by atoms with Crippen LogP contribution in [-0.2, 0) is 0 Å². The fourth-order valence-corrected chi connectivity index (χ4v) is 2.45. The minimum atomic E-state index is -0.411. The summed E-state index contributed by atoms with van der Waals surface area (Å²) < 4.78 is 0. The van der Waals surface area contributed by atoms with Crippen molar-refractivity contribution < 1.29 is 4.92 Å². The van der Waals surface area contributed by atoms with Gasteiger partial charge in [0.25, 0.3) is 5.69 Å². The first-order chi connectivity index (χ1) is 11.6. The third-order valence-corrected chi connectivity index (χ3v) is 3.87. The Morgan fingerprint density at radius 1 is 1.17 bits per heavy atom. The first-order valence-electron chi connectivity index (χ1n) is 7.67. The second-order valence-electron chi connectivity index (χ2n) is 5.62. The van der Waals surface area contributed by atoms with Crippen molar-refractivity contribution in [1.82, 2.24) is 19.9 Å². The molecule has 1 aliphatic heterocycles. The fourth-order valence-electron chi connectivity index (χ4n) is 2.45. The summed E-state index contributed by atoms with van der Waals surface area (Å²) in [6.07, 6.45) is 4.99. The molecule has 24 heavy (non-hydrogen) atoms. The summed E-state index contributed by atoms with van der Waals surface area (Å²) in [5.74, 6) is 1.20. The molecule has 124 valence electrons. The van der Waals surface area contributed by atoms with E-state index < -0.39 is 4.92 Å². The lowest BCUT2D eigenvalue weighted by Gasteiger charge is -2.32. The van der Waals surface area contributed by atoms with Crippen molar-refractivity contribution >= 4 is 23.8 Å². The summed E-state index contributed by atoms with van der Waals surface area (Å²) in [4.78, 5) is 27.6. The van der Waals surface area contributed by atoms with E-state index in [-0.39, 0.29) is 5.69 Å². The van der Waals surface area contributed by atoms with Crippen molar-refractivity contribution in [2.75, 3.05) is 38.1 Å². The van der Waals surface area contributed by atoms with Gasteiger partial charge >= 0.3 is 0 Å². The number of benzene rings is 1. The summed E-state index contributed by atoms with van der Waals surface area (Å²) in [7, 11) is 2.10. The van der Waals surface area contributed by atoms with Crippen LogP contribution in [0.15, 0.2) is 30.6 Å². The number of nitro groups is 1. The molecule has 0 saturated carbocycles. The molecule has 1 aromatic heterocycles. The first-order valence-corrected chi connectivity index (χ1v) is 7.67. The van der Waals surface area contributed by atoms with Crippen LogP contribution in [0, 0.1) is 10.1 Å². The zero-order valence-corrected chi connectivity index (χ0v) is 13.4. The second-order valence-corrected chi connectivity index (χ2v) is 5.62. The zero-order chi connectivity index (χ0) is 16.9. The molecular formula is C16H18N6O2. The summed E-state index contributed by atoms with van der Waals surface area (Å²) in [6, 6.07) is 6.43. The maximum atomic E-state index is 10.8. The molecule has 1 aliphatic rings. The van der Waals surface area contributed by atoms with E-state index in [9.17, 15) is 10.1 Å². The number of non-ortho nitro benzene ring substituents is 1. The monoisotopic (exact) mass is 326 g/mol. The minimum absolute atomic E-state index is 0.0610. The average Bonchev–Trinajstić information content (AvgIpc) is 2.61. The van der Waals surface area contributed by atoms with Gasteiger partial charge in [0.2, 0.25) is 5.95 Å². The lowest BCUT2D eigenvalue weighted by atomic mass is 10.2. The predicted octanol–water partition coefficient (Wildman–Crippen LogP) is 1.70. The predicted molar refractivity (Wildman–Crippen MR) is 91.6 cm³/mol. The van der Waals surface area contributed by atoms with Crippen molar-refractivity contribution in [3.05, 3.63) is 52.1 Å². The molecule has 0 aliphatic carbocycles. The highest BCUT2D eigenvalue weighted by atomic mass is 16.6. The van der Waals surface area contributed by atoms with Gasteiger partial charge in [-0.15, -0.1) is 0 Å². The molecule has 2 aromatic rings. The highest BCUT2D eigenvalue weighted by Gasteiger charge is 2.16. The van der Waals surface area contributed by atoms with Crippen LogP contribution in [0.1, 0.15) is 11.4 Å². The minimum Gasteiger partial charge on any atom is -0.338 e. The molecule has 0 bridgehead atoms. The van der Waals surface area contributed by atoms with Gasteiger partial charge in [0.1, 0.15) is 6.33 Å². The third kappa shape index (κ3) is 3.90. The third-order valence-electron chi connectivity index (χ3n) is 3.87. The summed E-state index contributed by atoms with van der Waals surface area (Å²) in [5, 5.41) is 10.8. The van der Waals surface area contributed by atoms with E-state index in [0.29, 0.717) is 11.8 Å². The molecule has 0 N–H and O–H groups in total. The highest BCUT2D eigenvalue weighted by molar-refractivity contribution is 5.68. The standard InChI is InChI=1S/C16H18N6O2/c1-20-7-9-21(10-8-20)16-18-12-17-15(19-16)6-5-13-3-2-4-14(11-13)22(23)24/h2-6,11-12H,7-10H2,1H3. The summed E-state index contributed by atoms with van der Waals surface area (Å²) >= 11 is 0. The van der Waals surface area contributed by atoms with E-state index in [1.807, 2.05) is 0 Å². The molecule has 0 spiro atoms. The number of likely N-dealkylation sites (N-methyl/N-ethyl adjacent to an activating group) is 1. The number of rotatable bonds is 4. The second kappa shape index (κ2) is 7.14. The topological polar surface area (TPSA) is 88.3 Å². The maximum Gasteiger partial charge on any atom is 0.270 e. The molecule has 0 atom stereocenters. The highest BCUT2D eigenvalue weighted by Crippen LogP contribution is 2.15. The molecule has 1 fully saturated rings. The Bertz CT molecular complexity index is 756. The Hall–Kier alpha value is -2.87. The first kappa shape index (κ1) is 16.0. The van der Waals surface area contributed by atoms with Crippen LogP contribution in [0.2, 0.25) is 0 Å². The van der Waals surface area contributed by atoms with E-state index in [1.54, 1.807) is 24.3 Å². The van der Waals surface area contributed by atoms with Gasteiger partial charge in [0.05, 0.1) is 4.92 Å². The number of hydrogen-bond acceptors (Lipinski definition) is 7. The number of aromatic nitrogens is 3. The fraction of sp³-hybridized carbons (Fsp3) is 0.312. The summed E-state index contributed by atoms with van der Waals surface area (Å²) in [6.45, 7) is 3.72. The van der Waals surface area contributed by atoms with Crippen molar-refractivity contribution in [3.63, 3.8) is 0 Å². The van der Waals surface area contributed by atoms with Crippen molar-refractivity contribution in [3.8, 4) is 0 Å². The van der Waals surface area contributed by atoms with E-state index >= 15 is 0 Å². The van der Waals surface area contributed by atoms with E-state index in [0.717, 1.165) is 31.7 Å². The Morgan fingerprint density at radius 2 is 1.96 bits per heavy atom. The number of nitrogens with zero attached hydrogens (tertiary/aromatic N) is 6. The Balaban J connectivity index is 1.74. The van der Waals surface area contributed by atoms with Gasteiger partial charge in [-0.2, -0.15) is 4.98 Å². The molecule has 0 amide bonds. The molecule has 8 heteroatoms. The van der Waals surface area contributed by atoms with E-state index in [1.165, 1.54) is 18.5 Å². The van der Waals surface area contributed by atoms with Crippen LogP contribution in [-0.4, -0.2) is 58.0 Å². The van der Waals surface area contributed by atoms with Crippen molar-refractivity contribution in [2.24, 2.45) is 0 Å². The smallest absolute Gasteiger partial charge is 0.270 e. The number of anilines is 1. The zero-order valence-electron chi connectivity index (χ0n) is 13.4. The normalized spacial score (nSPS) is 15.8. The van der Waals surface area contributed by atoms with Crippen LogP contribution in [0.5, 0.6) is 0 Å². The lowest BCUT2D eigenvalue weighted by Crippen LogP contribution is -2.45. The maximum absolute atomic E-state index is 10.8. The average molecular weight is 326 g/mol. The Labute approximate surface area is 139 Å². The van der Waals surface area contributed by atoms with Crippen LogP contribution in [0.25, 0.3) is 12.2 Å². The SMILES string of the molecule is CN1CCN(c2ncnc(C=Cc3cccc([N+](=O)[O-])c3)n2)CC1. The number of hydrogen-bond donors (Lipinski definition) is 0. The van der Waals surface area contributed by atoms with Gasteiger partial charge in [0, 0.05) is 38.3 Å². The molecule has 2 heterocycles. The van der Waals surface area contributed by atoms with E-state index in [4.69, 9.17) is 0 Å². The summed E-state index contributed by atoms with van der Waals surface area (Å²) in [5.41, 5.74) is 0.789. The molecule has 1 saturated heterocycles. The van der Waals surface area contributed by atoms with E-state index in [2.05, 4.69) is 31.8 Å². The van der Waals surface area contributed by atoms with Crippen LogP contribution < -0.4 is 4.90 Å². The molecule has 8 nitrogen and oxygen atoms in total. The van der Waals surface area contributed by atoms with Crippen molar-refractivity contribution in [1.29, 1.82) is 0 Å². The quantitative estimate of drug-likeness (QED) is 0.624. The molecule has 0 unspecified atom stereocenters. The number of piperazine rings is 1. The van der Waals surface area contributed by atoms with Gasteiger partial charge in [-0.05, 0) is 18.7 Å². The van der Waals surface area contributed by atoms with Gasteiger partial charge in [-0.1, -0.05) is 18.2 Å². The van der Waals surface area contributed by atoms with Gasteiger partial charge < -0.3 is 9.80 Å². The Morgan fingerprint density at radius 3 is 2.71 bits per heavy atom. The largest absolute Gasteiger partial charge is 0.338 e. The van der Waals surface area contributed by atoms with Crippen molar-refractivity contribution in [2.45, 2.75) is 0 Å². The van der Waals surface area contributed by atoms with Crippen LogP contribution in [0.4, 0.5) is 11.6 Å². The van der Waals surface area contributed by atoms with Gasteiger partial charge in [-0.25, -0.2) is 9.97 Å². The number of nitro benzene ring substituents is 1. The molecule has 0 radical (unpaired) electrons. The Kier molecular flexibility index (Phi) is 4.76. The molecule has 3 rings (SSSR count). The van der Waals surface area contributed by atoms with Crippen LogP contribution >= 0.6 is 0 Å². The lowest BCUT2D eigenvalue weighted by molar-refractivity contribution is -0.384.